The Hall–Kier alpha value is -4.15. The van der Waals surface area contributed by atoms with Gasteiger partial charge in [-0.25, -0.2) is 0 Å². The van der Waals surface area contributed by atoms with Gasteiger partial charge < -0.3 is 18.8 Å². The lowest BCUT2D eigenvalue weighted by Gasteiger charge is -2.15. The maximum Gasteiger partial charge on any atom is 0.416 e. The molecule has 0 unspecified atom stereocenters. The van der Waals surface area contributed by atoms with Crippen LogP contribution in [0.5, 0.6) is 17.2 Å². The van der Waals surface area contributed by atoms with Gasteiger partial charge in [0.1, 0.15) is 17.2 Å². The number of benzene rings is 3. The van der Waals surface area contributed by atoms with E-state index in [-0.39, 0.29) is 24.8 Å². The highest BCUT2D eigenvalue weighted by Gasteiger charge is 2.37. The van der Waals surface area contributed by atoms with Crippen LogP contribution in [-0.2, 0) is 28.3 Å². The molecule has 0 fully saturated rings. The second kappa shape index (κ2) is 10.3. The van der Waals surface area contributed by atoms with Crippen LogP contribution in [0.2, 0.25) is 0 Å². The standard InChI is InChI=1S/C27H21F6NO4/c1-3-37-25(35)15-20-10-16-11-22(8-9-24(16)34(20)19-4-6-21(36-2)7-5-19)38-23-13-17(26(28,29)30)12-18(14-23)27(31,32)33/h4-14H,3,15H2,1-2H3. The zero-order chi connectivity index (χ0) is 27.7. The van der Waals surface area contributed by atoms with Crippen LogP contribution in [0.4, 0.5) is 26.3 Å². The Bertz CT molecular complexity index is 1420. The van der Waals surface area contributed by atoms with Crippen LogP contribution in [0.3, 0.4) is 0 Å². The van der Waals surface area contributed by atoms with Crippen molar-refractivity contribution in [2.24, 2.45) is 0 Å². The molecule has 0 aliphatic heterocycles. The highest BCUT2D eigenvalue weighted by atomic mass is 19.4. The fourth-order valence-corrected chi connectivity index (χ4v) is 3.96. The smallest absolute Gasteiger partial charge is 0.416 e. The Balaban J connectivity index is 1.77. The van der Waals surface area contributed by atoms with Gasteiger partial charge in [-0.3, -0.25) is 4.79 Å². The van der Waals surface area contributed by atoms with Crippen molar-refractivity contribution in [3.05, 3.63) is 83.6 Å². The van der Waals surface area contributed by atoms with Crippen LogP contribution in [0.25, 0.3) is 16.6 Å². The van der Waals surface area contributed by atoms with Crippen molar-refractivity contribution < 1.29 is 45.3 Å². The molecular weight excluding hydrogens is 516 g/mol. The number of esters is 1. The number of rotatable bonds is 7. The van der Waals surface area contributed by atoms with Gasteiger partial charge in [-0.1, -0.05) is 0 Å². The Morgan fingerprint density at radius 3 is 1.95 bits per heavy atom. The van der Waals surface area contributed by atoms with Gasteiger partial charge in [0.15, 0.2) is 0 Å². The molecule has 38 heavy (non-hydrogen) atoms. The number of halogens is 6. The van der Waals surface area contributed by atoms with Gasteiger partial charge in [0.2, 0.25) is 0 Å². The SMILES string of the molecule is CCOC(=O)Cc1cc2cc(Oc3cc(C(F)(F)F)cc(C(F)(F)F)c3)ccc2n1-c1ccc(OC)cc1. The predicted octanol–water partition coefficient (Wildman–Crippen LogP) is 7.57. The first kappa shape index (κ1) is 26.9. The van der Waals surface area contributed by atoms with Gasteiger partial charge in [-0.2, -0.15) is 26.3 Å². The van der Waals surface area contributed by atoms with E-state index in [0.717, 1.165) is 0 Å². The van der Waals surface area contributed by atoms with Crippen LogP contribution < -0.4 is 9.47 Å². The minimum absolute atomic E-state index is 0.0134. The van der Waals surface area contributed by atoms with Crippen molar-refractivity contribution in [2.45, 2.75) is 25.7 Å². The van der Waals surface area contributed by atoms with E-state index in [1.165, 1.54) is 19.2 Å². The Morgan fingerprint density at radius 2 is 1.39 bits per heavy atom. The van der Waals surface area contributed by atoms with Gasteiger partial charge in [0.05, 0.1) is 36.8 Å². The Kier molecular flexibility index (Phi) is 7.30. The minimum Gasteiger partial charge on any atom is -0.497 e. The quantitative estimate of drug-likeness (QED) is 0.180. The number of nitrogens with zero attached hydrogens (tertiary/aromatic N) is 1. The van der Waals surface area contributed by atoms with E-state index in [0.29, 0.717) is 40.2 Å². The fraction of sp³-hybridized carbons (Fsp3) is 0.222. The maximum atomic E-state index is 13.2. The molecule has 5 nitrogen and oxygen atoms in total. The molecule has 4 rings (SSSR count). The van der Waals surface area contributed by atoms with Crippen LogP contribution in [0.1, 0.15) is 23.7 Å². The lowest BCUT2D eigenvalue weighted by Crippen LogP contribution is -2.11. The van der Waals surface area contributed by atoms with E-state index in [4.69, 9.17) is 14.2 Å². The first-order valence-electron chi connectivity index (χ1n) is 11.3. The van der Waals surface area contributed by atoms with E-state index in [1.54, 1.807) is 47.9 Å². The molecule has 0 aliphatic rings. The number of methoxy groups -OCH3 is 1. The molecule has 0 atom stereocenters. The molecule has 0 aliphatic carbocycles. The lowest BCUT2D eigenvalue weighted by molar-refractivity contribution is -0.144. The van der Waals surface area contributed by atoms with Crippen LogP contribution in [0.15, 0.2) is 66.7 Å². The summed E-state index contributed by atoms with van der Waals surface area (Å²) in [6.45, 7) is 1.87. The number of carbonyl (C=O) groups excluding carboxylic acids is 1. The molecule has 0 saturated heterocycles. The molecule has 1 heterocycles. The van der Waals surface area contributed by atoms with Crippen molar-refractivity contribution in [3.8, 4) is 22.9 Å². The van der Waals surface area contributed by atoms with E-state index in [2.05, 4.69) is 0 Å². The van der Waals surface area contributed by atoms with Gasteiger partial charge >= 0.3 is 18.3 Å². The van der Waals surface area contributed by atoms with Crippen molar-refractivity contribution in [2.75, 3.05) is 13.7 Å². The number of aromatic nitrogens is 1. The average Bonchev–Trinajstić information content (AvgIpc) is 3.19. The summed E-state index contributed by atoms with van der Waals surface area (Å²) in [7, 11) is 1.52. The third kappa shape index (κ3) is 5.87. The molecule has 200 valence electrons. The lowest BCUT2D eigenvalue weighted by atomic mass is 10.1. The molecule has 0 amide bonds. The summed E-state index contributed by atoms with van der Waals surface area (Å²) >= 11 is 0. The molecule has 0 radical (unpaired) electrons. The van der Waals surface area contributed by atoms with Crippen molar-refractivity contribution in [1.29, 1.82) is 0 Å². The fourth-order valence-electron chi connectivity index (χ4n) is 3.96. The summed E-state index contributed by atoms with van der Waals surface area (Å²) < 4.78 is 96.9. The summed E-state index contributed by atoms with van der Waals surface area (Å²) in [5.74, 6) is -0.454. The second-order valence-corrected chi connectivity index (χ2v) is 8.22. The van der Waals surface area contributed by atoms with Crippen molar-refractivity contribution in [3.63, 3.8) is 0 Å². The molecule has 4 aromatic rings. The molecule has 0 bridgehead atoms. The normalized spacial score (nSPS) is 12.0. The van der Waals surface area contributed by atoms with E-state index < -0.39 is 35.2 Å². The van der Waals surface area contributed by atoms with Crippen LogP contribution in [-0.4, -0.2) is 24.3 Å². The maximum absolute atomic E-state index is 13.2. The molecular formula is C27H21F6NO4. The third-order valence-corrected chi connectivity index (χ3v) is 5.61. The third-order valence-electron chi connectivity index (χ3n) is 5.61. The van der Waals surface area contributed by atoms with E-state index in [9.17, 15) is 31.1 Å². The predicted molar refractivity (Wildman–Crippen MR) is 127 cm³/mol. The van der Waals surface area contributed by atoms with Gasteiger partial charge in [0.25, 0.3) is 0 Å². The van der Waals surface area contributed by atoms with Crippen molar-refractivity contribution in [1.82, 2.24) is 4.57 Å². The molecule has 0 saturated carbocycles. The number of fused-ring (bicyclic) bond motifs is 1. The summed E-state index contributed by atoms with van der Waals surface area (Å²) in [5.41, 5.74) is -1.08. The molecule has 3 aromatic carbocycles. The Morgan fingerprint density at radius 1 is 0.789 bits per heavy atom. The molecule has 0 spiro atoms. The van der Waals surface area contributed by atoms with Gasteiger partial charge in [-0.05, 0) is 73.7 Å². The number of hydrogen-bond donors (Lipinski definition) is 0. The zero-order valence-electron chi connectivity index (χ0n) is 20.1. The molecule has 1 aromatic heterocycles. The monoisotopic (exact) mass is 537 g/mol. The number of alkyl halides is 6. The molecule has 0 N–H and O–H groups in total. The summed E-state index contributed by atoms with van der Waals surface area (Å²) in [5, 5.41) is 0.542. The van der Waals surface area contributed by atoms with E-state index in [1.807, 2.05) is 0 Å². The van der Waals surface area contributed by atoms with Crippen molar-refractivity contribution >= 4 is 16.9 Å². The van der Waals surface area contributed by atoms with Gasteiger partial charge in [-0.15, -0.1) is 0 Å². The zero-order valence-corrected chi connectivity index (χ0v) is 20.1. The highest BCUT2D eigenvalue weighted by Crippen LogP contribution is 2.39. The highest BCUT2D eigenvalue weighted by molar-refractivity contribution is 5.86. The number of ether oxygens (including phenoxy) is 3. The summed E-state index contributed by atoms with van der Waals surface area (Å²) in [6.07, 6.45) is -10.1. The van der Waals surface area contributed by atoms with Crippen LogP contribution in [0, 0.1) is 0 Å². The van der Waals surface area contributed by atoms with Gasteiger partial charge in [0, 0.05) is 16.8 Å². The van der Waals surface area contributed by atoms with Crippen LogP contribution >= 0.6 is 0 Å². The topological polar surface area (TPSA) is 49.7 Å². The summed E-state index contributed by atoms with van der Waals surface area (Å²) in [6, 6.07) is 14.2. The first-order valence-corrected chi connectivity index (χ1v) is 11.3. The minimum atomic E-state index is -5.00. The molecule has 11 heteroatoms. The number of carbonyl (C=O) groups is 1. The number of hydrogen-bond acceptors (Lipinski definition) is 4. The summed E-state index contributed by atoms with van der Waals surface area (Å²) in [4.78, 5) is 12.2. The first-order chi connectivity index (χ1) is 17.9. The second-order valence-electron chi connectivity index (χ2n) is 8.22. The average molecular weight is 537 g/mol. The largest absolute Gasteiger partial charge is 0.497 e. The Labute approximate surface area is 213 Å². The van der Waals surface area contributed by atoms with E-state index >= 15 is 0 Å².